The van der Waals surface area contributed by atoms with Crippen molar-refractivity contribution in [2.75, 3.05) is 0 Å². The van der Waals surface area contributed by atoms with Gasteiger partial charge in [-0.1, -0.05) is 57.5 Å². The number of esters is 1. The van der Waals surface area contributed by atoms with Crippen LogP contribution in [0, 0.1) is 12.8 Å². The van der Waals surface area contributed by atoms with E-state index in [9.17, 15) is 14.4 Å². The fourth-order valence-corrected chi connectivity index (χ4v) is 3.56. The van der Waals surface area contributed by atoms with Crippen LogP contribution in [0.15, 0.2) is 57.7 Å². The molecule has 0 bridgehead atoms. The molecule has 7 heteroatoms. The lowest BCUT2D eigenvalue weighted by Crippen LogP contribution is -2.46. The third-order valence-electron chi connectivity index (χ3n) is 5.33. The Kier molecular flexibility index (Phi) is 7.87. The second-order valence-corrected chi connectivity index (χ2v) is 8.25. The Morgan fingerprint density at radius 2 is 1.82 bits per heavy atom. The highest BCUT2D eigenvalue weighted by Gasteiger charge is 2.28. The predicted molar refractivity (Wildman–Crippen MR) is 125 cm³/mol. The molecular weight excluding hydrogens is 422 g/mol. The summed E-state index contributed by atoms with van der Waals surface area (Å²) < 4.78 is 16.3. The molecule has 1 atom stereocenters. The molecule has 0 fully saturated rings. The molecule has 0 aliphatic carbocycles. The summed E-state index contributed by atoms with van der Waals surface area (Å²) in [5.74, 6) is -0.595. The van der Waals surface area contributed by atoms with Crippen LogP contribution in [0.1, 0.15) is 43.9 Å². The third kappa shape index (κ3) is 6.00. The summed E-state index contributed by atoms with van der Waals surface area (Å²) >= 11 is 0. The maximum atomic E-state index is 12.9. The van der Waals surface area contributed by atoms with E-state index in [-0.39, 0.29) is 18.3 Å². The average Bonchev–Trinajstić information content (AvgIpc) is 2.79. The van der Waals surface area contributed by atoms with Crippen molar-refractivity contribution in [3.05, 3.63) is 75.6 Å². The number of amides is 1. The number of carbonyl (C=O) groups is 2. The quantitative estimate of drug-likeness (QED) is 0.297. The van der Waals surface area contributed by atoms with Gasteiger partial charge in [-0.3, -0.25) is 0 Å². The van der Waals surface area contributed by atoms with Crippen LogP contribution >= 0.6 is 0 Å². The number of hydrogen-bond acceptors (Lipinski definition) is 6. The molecule has 1 N–H and O–H groups in total. The van der Waals surface area contributed by atoms with E-state index in [1.807, 2.05) is 37.3 Å². The SMILES string of the molecule is CCCc1cc(=O)oc2c(C)c(OC(=O)[C@@H](NC(=O)OCc3ccccc3)C(C)C)ccc12. The molecule has 2 aromatic carbocycles. The van der Waals surface area contributed by atoms with Gasteiger partial charge in [-0.2, -0.15) is 0 Å². The molecule has 0 spiro atoms. The number of aryl methyl sites for hydroxylation is 2. The van der Waals surface area contributed by atoms with Gasteiger partial charge in [-0.15, -0.1) is 0 Å². The van der Waals surface area contributed by atoms with Crippen LogP contribution in [-0.4, -0.2) is 18.1 Å². The van der Waals surface area contributed by atoms with Crippen LogP contribution in [0.25, 0.3) is 11.0 Å². The molecule has 1 amide bonds. The van der Waals surface area contributed by atoms with Crippen molar-refractivity contribution in [3.8, 4) is 5.75 Å². The zero-order valence-corrected chi connectivity index (χ0v) is 19.3. The van der Waals surface area contributed by atoms with Crippen molar-refractivity contribution < 1.29 is 23.5 Å². The van der Waals surface area contributed by atoms with Crippen LogP contribution in [0.3, 0.4) is 0 Å². The normalized spacial score (nSPS) is 11.9. The van der Waals surface area contributed by atoms with Crippen LogP contribution in [0.2, 0.25) is 0 Å². The zero-order valence-electron chi connectivity index (χ0n) is 19.3. The van der Waals surface area contributed by atoms with Crippen LogP contribution in [-0.2, 0) is 22.6 Å². The molecule has 33 heavy (non-hydrogen) atoms. The van der Waals surface area contributed by atoms with E-state index in [1.165, 1.54) is 6.07 Å². The first-order chi connectivity index (χ1) is 15.8. The number of carbonyl (C=O) groups excluding carboxylic acids is 2. The fourth-order valence-electron chi connectivity index (χ4n) is 3.56. The van der Waals surface area contributed by atoms with Gasteiger partial charge in [-0.25, -0.2) is 14.4 Å². The Balaban J connectivity index is 1.75. The minimum absolute atomic E-state index is 0.0927. The van der Waals surface area contributed by atoms with Gasteiger partial charge in [0.05, 0.1) is 0 Å². The van der Waals surface area contributed by atoms with Crippen molar-refractivity contribution in [2.24, 2.45) is 5.92 Å². The van der Waals surface area contributed by atoms with Gasteiger partial charge in [0.15, 0.2) is 0 Å². The Morgan fingerprint density at radius 1 is 1.09 bits per heavy atom. The van der Waals surface area contributed by atoms with E-state index < -0.39 is 23.7 Å². The summed E-state index contributed by atoms with van der Waals surface area (Å²) in [4.78, 5) is 37.2. The van der Waals surface area contributed by atoms with Crippen molar-refractivity contribution in [2.45, 2.75) is 53.2 Å². The van der Waals surface area contributed by atoms with Gasteiger partial charge in [-0.05, 0) is 42.5 Å². The van der Waals surface area contributed by atoms with Crippen molar-refractivity contribution in [1.29, 1.82) is 0 Å². The highest BCUT2D eigenvalue weighted by molar-refractivity contribution is 5.88. The van der Waals surface area contributed by atoms with E-state index in [0.717, 1.165) is 29.4 Å². The van der Waals surface area contributed by atoms with Gasteiger partial charge in [0.1, 0.15) is 24.0 Å². The van der Waals surface area contributed by atoms with Crippen molar-refractivity contribution in [1.82, 2.24) is 5.32 Å². The largest absolute Gasteiger partial charge is 0.445 e. The molecule has 0 aliphatic heterocycles. The van der Waals surface area contributed by atoms with E-state index in [1.54, 1.807) is 32.9 Å². The summed E-state index contributed by atoms with van der Waals surface area (Å²) in [5, 5.41) is 3.41. The van der Waals surface area contributed by atoms with E-state index in [0.29, 0.717) is 11.1 Å². The predicted octanol–water partition coefficient (Wildman–Crippen LogP) is 4.91. The maximum Gasteiger partial charge on any atom is 0.408 e. The maximum absolute atomic E-state index is 12.9. The molecule has 0 saturated carbocycles. The molecule has 7 nitrogen and oxygen atoms in total. The summed E-state index contributed by atoms with van der Waals surface area (Å²) in [6.07, 6.45) is 0.918. The molecule has 0 radical (unpaired) electrons. The molecule has 174 valence electrons. The summed E-state index contributed by atoms with van der Waals surface area (Å²) in [7, 11) is 0. The highest BCUT2D eigenvalue weighted by Crippen LogP contribution is 2.29. The number of nitrogens with one attached hydrogen (secondary N) is 1. The number of rotatable bonds is 8. The van der Waals surface area contributed by atoms with E-state index >= 15 is 0 Å². The Labute approximate surface area is 192 Å². The molecule has 0 aliphatic rings. The first-order valence-corrected chi connectivity index (χ1v) is 11.0. The van der Waals surface area contributed by atoms with E-state index in [4.69, 9.17) is 13.9 Å². The Bertz CT molecular complexity index is 1180. The number of benzene rings is 2. The first kappa shape index (κ1) is 24.0. The Morgan fingerprint density at radius 3 is 2.48 bits per heavy atom. The molecule has 3 rings (SSSR count). The lowest BCUT2D eigenvalue weighted by atomic mass is 10.0. The number of fused-ring (bicyclic) bond motifs is 1. The third-order valence-corrected chi connectivity index (χ3v) is 5.33. The summed E-state index contributed by atoms with van der Waals surface area (Å²) in [6.45, 7) is 7.46. The second-order valence-electron chi connectivity index (χ2n) is 8.25. The molecule has 1 aromatic heterocycles. The minimum Gasteiger partial charge on any atom is -0.445 e. The van der Waals surface area contributed by atoms with Gasteiger partial charge in [0.25, 0.3) is 0 Å². The standard InChI is InChI=1S/C26H29NO6/c1-5-9-19-14-22(28)33-24-17(4)21(13-12-20(19)24)32-25(29)23(16(2)3)27-26(30)31-15-18-10-7-6-8-11-18/h6-8,10-14,16,23H,5,9,15H2,1-4H3,(H,27,30)/t23-/m0/s1. The molecular formula is C26H29NO6. The molecule has 0 saturated heterocycles. The van der Waals surface area contributed by atoms with Crippen LogP contribution in [0.5, 0.6) is 5.75 Å². The monoisotopic (exact) mass is 451 g/mol. The Hall–Kier alpha value is -3.61. The highest BCUT2D eigenvalue weighted by atomic mass is 16.6. The van der Waals surface area contributed by atoms with Crippen molar-refractivity contribution >= 4 is 23.0 Å². The topological polar surface area (TPSA) is 94.8 Å². The zero-order chi connectivity index (χ0) is 24.0. The van der Waals surface area contributed by atoms with Crippen LogP contribution < -0.4 is 15.7 Å². The second kappa shape index (κ2) is 10.8. The van der Waals surface area contributed by atoms with E-state index in [2.05, 4.69) is 5.32 Å². The lowest BCUT2D eigenvalue weighted by molar-refractivity contribution is -0.137. The number of alkyl carbamates (subject to hydrolysis) is 1. The van der Waals surface area contributed by atoms with Gasteiger partial charge >= 0.3 is 17.7 Å². The number of hydrogen-bond donors (Lipinski definition) is 1. The van der Waals surface area contributed by atoms with Gasteiger partial charge in [0.2, 0.25) is 0 Å². The molecule has 0 unspecified atom stereocenters. The molecule has 3 aromatic rings. The minimum atomic E-state index is -0.915. The van der Waals surface area contributed by atoms with Gasteiger partial charge < -0.3 is 19.2 Å². The summed E-state index contributed by atoms with van der Waals surface area (Å²) in [6, 6.07) is 13.3. The van der Waals surface area contributed by atoms with Gasteiger partial charge in [0, 0.05) is 17.0 Å². The average molecular weight is 452 g/mol. The smallest absolute Gasteiger partial charge is 0.408 e. The van der Waals surface area contributed by atoms with Crippen molar-refractivity contribution in [3.63, 3.8) is 0 Å². The number of ether oxygens (including phenoxy) is 2. The molecule has 1 heterocycles. The summed E-state index contributed by atoms with van der Waals surface area (Å²) in [5.41, 5.74) is 2.23. The fraction of sp³-hybridized carbons (Fsp3) is 0.346. The first-order valence-electron chi connectivity index (χ1n) is 11.0. The lowest BCUT2D eigenvalue weighted by Gasteiger charge is -2.21. The van der Waals surface area contributed by atoms with Crippen LogP contribution in [0.4, 0.5) is 4.79 Å².